The fourth-order valence-electron chi connectivity index (χ4n) is 2.62. The first-order valence-electron chi connectivity index (χ1n) is 9.05. The minimum absolute atomic E-state index is 0.0770. The van der Waals surface area contributed by atoms with E-state index in [2.05, 4.69) is 15.6 Å². The quantitative estimate of drug-likeness (QED) is 0.555. The third kappa shape index (κ3) is 7.48. The topological polar surface area (TPSA) is 56.7 Å². The summed E-state index contributed by atoms with van der Waals surface area (Å²) in [7, 11) is 3.50. The Bertz CT molecular complexity index is 732. The second-order valence-electron chi connectivity index (χ2n) is 6.29. The molecule has 0 saturated carbocycles. The third-order valence-electron chi connectivity index (χ3n) is 4.16. The second-order valence-corrected chi connectivity index (χ2v) is 6.29. The van der Waals surface area contributed by atoms with Crippen LogP contribution in [0.15, 0.2) is 59.6 Å². The molecule has 0 atom stereocenters. The number of guanidine groups is 1. The molecular formula is C21H27FN4O. The van der Waals surface area contributed by atoms with E-state index in [9.17, 15) is 9.18 Å². The summed E-state index contributed by atoms with van der Waals surface area (Å²) in [5.41, 5.74) is 2.16. The molecule has 0 saturated heterocycles. The van der Waals surface area contributed by atoms with Crippen molar-refractivity contribution in [3.05, 3.63) is 71.5 Å². The van der Waals surface area contributed by atoms with Gasteiger partial charge < -0.3 is 15.5 Å². The van der Waals surface area contributed by atoms with E-state index in [0.29, 0.717) is 32.0 Å². The minimum Gasteiger partial charge on any atom is -0.356 e. The van der Waals surface area contributed by atoms with Gasteiger partial charge in [0.15, 0.2) is 5.96 Å². The first-order chi connectivity index (χ1) is 13.1. The van der Waals surface area contributed by atoms with E-state index in [0.717, 1.165) is 17.5 Å². The molecule has 2 aromatic carbocycles. The maximum atomic E-state index is 12.9. The molecule has 0 radical (unpaired) electrons. The highest BCUT2D eigenvalue weighted by Gasteiger charge is 2.09. The lowest BCUT2D eigenvalue weighted by molar-refractivity contribution is -0.130. The van der Waals surface area contributed by atoms with Gasteiger partial charge in [0.05, 0.1) is 0 Å². The molecule has 0 unspecified atom stereocenters. The maximum absolute atomic E-state index is 12.9. The van der Waals surface area contributed by atoms with Crippen molar-refractivity contribution in [1.29, 1.82) is 0 Å². The lowest BCUT2D eigenvalue weighted by atomic mass is 10.1. The summed E-state index contributed by atoms with van der Waals surface area (Å²) in [6, 6.07) is 16.4. The molecule has 0 aliphatic carbocycles. The Balaban J connectivity index is 1.66. The molecule has 6 heteroatoms. The molecule has 2 aromatic rings. The van der Waals surface area contributed by atoms with Gasteiger partial charge in [-0.2, -0.15) is 0 Å². The van der Waals surface area contributed by atoms with Gasteiger partial charge >= 0.3 is 0 Å². The van der Waals surface area contributed by atoms with Crippen molar-refractivity contribution >= 4 is 11.9 Å². The highest BCUT2D eigenvalue weighted by atomic mass is 19.1. The molecular weight excluding hydrogens is 343 g/mol. The van der Waals surface area contributed by atoms with Crippen molar-refractivity contribution in [3.63, 3.8) is 0 Å². The molecule has 144 valence electrons. The second kappa shape index (κ2) is 11.0. The Hall–Kier alpha value is -2.89. The van der Waals surface area contributed by atoms with Crippen LogP contribution in [0.25, 0.3) is 0 Å². The van der Waals surface area contributed by atoms with Crippen LogP contribution < -0.4 is 10.6 Å². The lowest BCUT2D eigenvalue weighted by Gasteiger charge is -2.18. The Morgan fingerprint density at radius 1 is 1.00 bits per heavy atom. The molecule has 1 amide bonds. The van der Waals surface area contributed by atoms with Crippen LogP contribution in [0.5, 0.6) is 0 Å². The zero-order chi connectivity index (χ0) is 19.5. The summed E-state index contributed by atoms with van der Waals surface area (Å²) >= 11 is 0. The molecule has 0 aliphatic heterocycles. The van der Waals surface area contributed by atoms with Crippen molar-refractivity contribution in [1.82, 2.24) is 15.5 Å². The van der Waals surface area contributed by atoms with Crippen molar-refractivity contribution in [3.8, 4) is 0 Å². The van der Waals surface area contributed by atoms with Gasteiger partial charge in [0.1, 0.15) is 5.82 Å². The van der Waals surface area contributed by atoms with Gasteiger partial charge in [0, 0.05) is 40.2 Å². The van der Waals surface area contributed by atoms with Crippen LogP contribution >= 0.6 is 0 Å². The number of rotatable bonds is 8. The third-order valence-corrected chi connectivity index (χ3v) is 4.16. The Labute approximate surface area is 160 Å². The van der Waals surface area contributed by atoms with Crippen LogP contribution in [0.4, 0.5) is 4.39 Å². The number of halogens is 1. The van der Waals surface area contributed by atoms with Crippen molar-refractivity contribution in [2.24, 2.45) is 4.99 Å². The highest BCUT2D eigenvalue weighted by Crippen LogP contribution is 2.04. The molecule has 0 bridgehead atoms. The van der Waals surface area contributed by atoms with E-state index < -0.39 is 0 Å². The Kier molecular flexibility index (Phi) is 8.29. The standard InChI is InChI=1S/C21H27FN4O/c1-23-21(24-14-12-17-8-10-19(22)11-9-17)25-15-13-20(27)26(2)16-18-6-4-3-5-7-18/h3-11H,12-16H2,1-2H3,(H2,23,24,25). The lowest BCUT2D eigenvalue weighted by Crippen LogP contribution is -2.40. The summed E-state index contributed by atoms with van der Waals surface area (Å²) in [5, 5.41) is 6.34. The van der Waals surface area contributed by atoms with Crippen molar-refractivity contribution in [2.75, 3.05) is 27.2 Å². The monoisotopic (exact) mass is 370 g/mol. The minimum atomic E-state index is -0.230. The number of hydrogen-bond acceptors (Lipinski definition) is 2. The number of carbonyl (C=O) groups excluding carboxylic acids is 1. The van der Waals surface area contributed by atoms with Crippen LogP contribution in [0.1, 0.15) is 17.5 Å². The summed E-state index contributed by atoms with van der Waals surface area (Å²) < 4.78 is 12.9. The molecule has 2 N–H and O–H groups in total. The molecule has 0 spiro atoms. The van der Waals surface area contributed by atoms with E-state index in [4.69, 9.17) is 0 Å². The highest BCUT2D eigenvalue weighted by molar-refractivity contribution is 5.81. The predicted molar refractivity (Wildman–Crippen MR) is 107 cm³/mol. The molecule has 0 aliphatic rings. The van der Waals surface area contributed by atoms with Gasteiger partial charge in [-0.1, -0.05) is 42.5 Å². The first kappa shape index (κ1) is 20.4. The van der Waals surface area contributed by atoms with Crippen molar-refractivity contribution < 1.29 is 9.18 Å². The molecule has 2 rings (SSSR count). The first-order valence-corrected chi connectivity index (χ1v) is 9.05. The van der Waals surface area contributed by atoms with E-state index >= 15 is 0 Å². The average molecular weight is 370 g/mol. The van der Waals surface area contributed by atoms with Gasteiger partial charge in [0.2, 0.25) is 5.91 Å². The molecule has 0 fully saturated rings. The van der Waals surface area contributed by atoms with Crippen LogP contribution in [0.2, 0.25) is 0 Å². The van der Waals surface area contributed by atoms with Gasteiger partial charge in [-0.3, -0.25) is 9.79 Å². The fraction of sp³-hybridized carbons (Fsp3) is 0.333. The maximum Gasteiger partial charge on any atom is 0.224 e. The van der Waals surface area contributed by atoms with Crippen molar-refractivity contribution in [2.45, 2.75) is 19.4 Å². The van der Waals surface area contributed by atoms with Crippen LogP contribution in [0, 0.1) is 5.82 Å². The Morgan fingerprint density at radius 3 is 2.33 bits per heavy atom. The van der Waals surface area contributed by atoms with Crippen LogP contribution in [-0.4, -0.2) is 44.0 Å². The van der Waals surface area contributed by atoms with Gasteiger partial charge in [-0.05, 0) is 29.7 Å². The number of nitrogens with one attached hydrogen (secondary N) is 2. The van der Waals surface area contributed by atoms with E-state index in [-0.39, 0.29) is 11.7 Å². The number of carbonyl (C=O) groups is 1. The fourth-order valence-corrected chi connectivity index (χ4v) is 2.62. The molecule has 27 heavy (non-hydrogen) atoms. The molecule has 0 heterocycles. The van der Waals surface area contributed by atoms with Crippen LogP contribution in [0.3, 0.4) is 0 Å². The smallest absolute Gasteiger partial charge is 0.224 e. The SMILES string of the molecule is CN=C(NCCC(=O)N(C)Cc1ccccc1)NCCc1ccc(F)cc1. The predicted octanol–water partition coefficient (Wildman–Crippen LogP) is 2.58. The number of aliphatic imine (C=N–C) groups is 1. The zero-order valence-electron chi connectivity index (χ0n) is 15.9. The Morgan fingerprint density at radius 2 is 1.67 bits per heavy atom. The number of amides is 1. The van der Waals surface area contributed by atoms with E-state index in [1.807, 2.05) is 37.4 Å². The zero-order valence-corrected chi connectivity index (χ0v) is 15.9. The summed E-state index contributed by atoms with van der Waals surface area (Å²) in [6.45, 7) is 1.78. The summed E-state index contributed by atoms with van der Waals surface area (Å²) in [5.74, 6) is 0.495. The normalized spacial score (nSPS) is 11.1. The summed E-state index contributed by atoms with van der Waals surface area (Å²) in [4.78, 5) is 18.1. The van der Waals surface area contributed by atoms with E-state index in [1.165, 1.54) is 12.1 Å². The van der Waals surface area contributed by atoms with E-state index in [1.54, 1.807) is 24.1 Å². The van der Waals surface area contributed by atoms with Gasteiger partial charge in [0.25, 0.3) is 0 Å². The molecule has 0 aromatic heterocycles. The number of benzene rings is 2. The number of hydrogen-bond donors (Lipinski definition) is 2. The van der Waals surface area contributed by atoms with Gasteiger partial charge in [-0.15, -0.1) is 0 Å². The van der Waals surface area contributed by atoms with Gasteiger partial charge in [-0.25, -0.2) is 4.39 Å². The number of nitrogens with zero attached hydrogens (tertiary/aromatic N) is 2. The summed E-state index contributed by atoms with van der Waals surface area (Å²) in [6.07, 6.45) is 1.15. The largest absolute Gasteiger partial charge is 0.356 e. The average Bonchev–Trinajstić information content (AvgIpc) is 2.68. The molecule has 5 nitrogen and oxygen atoms in total. The van der Waals surface area contributed by atoms with Crippen LogP contribution in [-0.2, 0) is 17.8 Å².